The Labute approximate surface area is 155 Å². The number of fused-ring (bicyclic) bond motifs is 1. The highest BCUT2D eigenvalue weighted by molar-refractivity contribution is 7.90. The SMILES string of the molecule is CN=C(NCCCc1nc2c(s1)CCCC2)NC(C)CCS(C)(=O)=O. The molecule has 2 rings (SSSR count). The second kappa shape index (κ2) is 9.52. The third kappa shape index (κ3) is 7.32. The molecule has 6 nitrogen and oxygen atoms in total. The number of nitrogens with zero attached hydrogens (tertiary/aromatic N) is 2. The van der Waals surface area contributed by atoms with Gasteiger partial charge in [0.15, 0.2) is 5.96 Å². The third-order valence-electron chi connectivity index (χ3n) is 4.28. The first-order valence-corrected chi connectivity index (χ1v) is 11.9. The molecule has 0 saturated heterocycles. The van der Waals surface area contributed by atoms with Crippen molar-refractivity contribution in [1.29, 1.82) is 0 Å². The first-order chi connectivity index (χ1) is 11.9. The number of hydrogen-bond acceptors (Lipinski definition) is 5. The summed E-state index contributed by atoms with van der Waals surface area (Å²) in [7, 11) is -1.19. The maximum atomic E-state index is 11.2. The van der Waals surface area contributed by atoms with Crippen LogP contribution >= 0.6 is 11.3 Å². The number of aryl methyl sites for hydroxylation is 3. The molecule has 1 aliphatic rings. The minimum Gasteiger partial charge on any atom is -0.356 e. The van der Waals surface area contributed by atoms with E-state index in [9.17, 15) is 8.42 Å². The van der Waals surface area contributed by atoms with E-state index in [1.54, 1.807) is 7.05 Å². The Balaban J connectivity index is 1.68. The van der Waals surface area contributed by atoms with Crippen molar-refractivity contribution < 1.29 is 8.42 Å². The van der Waals surface area contributed by atoms with E-state index in [-0.39, 0.29) is 11.8 Å². The fraction of sp³-hybridized carbons (Fsp3) is 0.765. The first kappa shape index (κ1) is 20.2. The van der Waals surface area contributed by atoms with Crippen LogP contribution in [0, 0.1) is 0 Å². The number of thiazole rings is 1. The average molecular weight is 387 g/mol. The van der Waals surface area contributed by atoms with Crippen molar-refractivity contribution in [2.24, 2.45) is 4.99 Å². The molecular formula is C17H30N4O2S2. The zero-order valence-electron chi connectivity index (χ0n) is 15.5. The number of aliphatic imine (C=N–C) groups is 1. The van der Waals surface area contributed by atoms with Gasteiger partial charge in [0.1, 0.15) is 9.84 Å². The second-order valence-corrected chi connectivity index (χ2v) is 10.2. The Hall–Kier alpha value is -1.15. The van der Waals surface area contributed by atoms with Crippen molar-refractivity contribution in [1.82, 2.24) is 15.6 Å². The van der Waals surface area contributed by atoms with Crippen LogP contribution in [0.3, 0.4) is 0 Å². The molecule has 0 saturated carbocycles. The normalized spacial score (nSPS) is 16.4. The Bertz CT molecular complexity index is 659. The highest BCUT2D eigenvalue weighted by Gasteiger charge is 2.14. The van der Waals surface area contributed by atoms with Crippen LogP contribution in [-0.4, -0.2) is 51.0 Å². The molecule has 0 fully saturated rings. The van der Waals surface area contributed by atoms with E-state index in [2.05, 4.69) is 15.6 Å². The molecule has 1 heterocycles. The number of sulfone groups is 1. The molecule has 1 aromatic rings. The highest BCUT2D eigenvalue weighted by atomic mass is 32.2. The van der Waals surface area contributed by atoms with Crippen LogP contribution in [0.4, 0.5) is 0 Å². The van der Waals surface area contributed by atoms with Gasteiger partial charge in [0.2, 0.25) is 0 Å². The minimum absolute atomic E-state index is 0.0617. The van der Waals surface area contributed by atoms with Gasteiger partial charge in [0.05, 0.1) is 16.5 Å². The van der Waals surface area contributed by atoms with Crippen molar-refractivity contribution in [3.8, 4) is 0 Å². The topological polar surface area (TPSA) is 83.4 Å². The predicted molar refractivity (Wildman–Crippen MR) is 105 cm³/mol. The number of hydrogen-bond donors (Lipinski definition) is 2. The molecule has 1 atom stereocenters. The van der Waals surface area contributed by atoms with Crippen molar-refractivity contribution in [3.63, 3.8) is 0 Å². The molecular weight excluding hydrogens is 356 g/mol. The molecule has 0 aromatic carbocycles. The van der Waals surface area contributed by atoms with Gasteiger partial charge >= 0.3 is 0 Å². The lowest BCUT2D eigenvalue weighted by molar-refractivity contribution is 0.580. The van der Waals surface area contributed by atoms with E-state index in [1.165, 1.54) is 41.1 Å². The molecule has 0 amide bonds. The minimum atomic E-state index is -2.92. The summed E-state index contributed by atoms with van der Waals surface area (Å²) in [6, 6.07) is 0.0617. The van der Waals surface area contributed by atoms with Gasteiger partial charge < -0.3 is 10.6 Å². The summed E-state index contributed by atoms with van der Waals surface area (Å²) in [6.07, 6.45) is 8.76. The van der Waals surface area contributed by atoms with Crippen LogP contribution in [0.1, 0.15) is 48.2 Å². The van der Waals surface area contributed by atoms with Crippen LogP contribution in [0.5, 0.6) is 0 Å². The fourth-order valence-corrected chi connectivity index (χ4v) is 4.83. The van der Waals surface area contributed by atoms with E-state index in [0.717, 1.165) is 31.8 Å². The second-order valence-electron chi connectivity index (χ2n) is 6.75. The van der Waals surface area contributed by atoms with Crippen molar-refractivity contribution in [2.75, 3.05) is 25.6 Å². The Morgan fingerprint density at radius 3 is 2.80 bits per heavy atom. The van der Waals surface area contributed by atoms with Crippen LogP contribution in [0.15, 0.2) is 4.99 Å². The molecule has 142 valence electrons. The summed E-state index contributed by atoms with van der Waals surface area (Å²) >= 11 is 1.88. The lowest BCUT2D eigenvalue weighted by Gasteiger charge is -2.17. The van der Waals surface area contributed by atoms with Gasteiger partial charge in [-0.3, -0.25) is 4.99 Å². The number of nitrogens with one attached hydrogen (secondary N) is 2. The summed E-state index contributed by atoms with van der Waals surface area (Å²) in [4.78, 5) is 10.5. The fourth-order valence-electron chi connectivity index (χ4n) is 2.85. The predicted octanol–water partition coefficient (Wildman–Crippen LogP) is 1.94. The molecule has 0 spiro atoms. The van der Waals surface area contributed by atoms with Gasteiger partial charge in [-0.2, -0.15) is 0 Å². The summed E-state index contributed by atoms with van der Waals surface area (Å²) in [5.41, 5.74) is 1.33. The smallest absolute Gasteiger partial charge is 0.191 e. The number of aromatic nitrogens is 1. The Kier molecular flexibility index (Phi) is 7.68. The highest BCUT2D eigenvalue weighted by Crippen LogP contribution is 2.27. The van der Waals surface area contributed by atoms with Crippen LogP contribution in [-0.2, 0) is 29.1 Å². The van der Waals surface area contributed by atoms with Gasteiger partial charge in [0, 0.05) is 37.2 Å². The summed E-state index contributed by atoms with van der Waals surface area (Å²) in [5, 5.41) is 7.78. The molecule has 0 aliphatic heterocycles. The average Bonchev–Trinajstić information content (AvgIpc) is 2.98. The lowest BCUT2D eigenvalue weighted by Crippen LogP contribution is -2.43. The van der Waals surface area contributed by atoms with E-state index in [0.29, 0.717) is 6.42 Å². The molecule has 0 bridgehead atoms. The van der Waals surface area contributed by atoms with Crippen LogP contribution in [0.2, 0.25) is 0 Å². The molecule has 8 heteroatoms. The van der Waals surface area contributed by atoms with Crippen molar-refractivity contribution in [3.05, 3.63) is 15.6 Å². The Morgan fingerprint density at radius 1 is 1.36 bits per heavy atom. The maximum absolute atomic E-state index is 11.2. The summed E-state index contributed by atoms with van der Waals surface area (Å²) in [6.45, 7) is 2.79. The lowest BCUT2D eigenvalue weighted by atomic mass is 10.0. The van der Waals surface area contributed by atoms with E-state index in [4.69, 9.17) is 4.98 Å². The van der Waals surface area contributed by atoms with E-state index >= 15 is 0 Å². The van der Waals surface area contributed by atoms with Crippen molar-refractivity contribution >= 4 is 27.1 Å². The van der Waals surface area contributed by atoms with Gasteiger partial charge in [-0.05, 0) is 45.4 Å². The maximum Gasteiger partial charge on any atom is 0.191 e. The quantitative estimate of drug-likeness (QED) is 0.405. The third-order valence-corrected chi connectivity index (χ3v) is 6.47. The molecule has 1 aliphatic carbocycles. The Morgan fingerprint density at radius 2 is 2.12 bits per heavy atom. The molecule has 0 radical (unpaired) electrons. The standard InChI is InChI=1S/C17H30N4O2S2/c1-13(10-12-25(3,22)23)20-17(18-2)19-11-6-9-16-21-14-7-4-5-8-15(14)24-16/h13H,4-12H2,1-3H3,(H2,18,19,20). The van der Waals surface area contributed by atoms with Gasteiger partial charge in [-0.15, -0.1) is 11.3 Å². The number of rotatable bonds is 8. The number of guanidine groups is 1. The summed E-state index contributed by atoms with van der Waals surface area (Å²) < 4.78 is 22.5. The van der Waals surface area contributed by atoms with Gasteiger partial charge in [0.25, 0.3) is 0 Å². The monoisotopic (exact) mass is 386 g/mol. The van der Waals surface area contributed by atoms with E-state index in [1.807, 2.05) is 18.3 Å². The van der Waals surface area contributed by atoms with Crippen molar-refractivity contribution in [2.45, 2.75) is 57.9 Å². The van der Waals surface area contributed by atoms with Crippen LogP contribution < -0.4 is 10.6 Å². The zero-order chi connectivity index (χ0) is 18.3. The molecule has 2 N–H and O–H groups in total. The van der Waals surface area contributed by atoms with Gasteiger partial charge in [-0.25, -0.2) is 13.4 Å². The molecule has 1 unspecified atom stereocenters. The molecule has 25 heavy (non-hydrogen) atoms. The summed E-state index contributed by atoms with van der Waals surface area (Å²) in [5.74, 6) is 0.909. The van der Waals surface area contributed by atoms with Gasteiger partial charge in [-0.1, -0.05) is 0 Å². The largest absolute Gasteiger partial charge is 0.356 e. The van der Waals surface area contributed by atoms with E-state index < -0.39 is 9.84 Å². The molecule has 1 aromatic heterocycles. The van der Waals surface area contributed by atoms with Crippen LogP contribution in [0.25, 0.3) is 0 Å². The zero-order valence-corrected chi connectivity index (χ0v) is 17.1. The first-order valence-electron chi connectivity index (χ1n) is 9.00.